The molecule has 0 spiro atoms. The van der Waals surface area contributed by atoms with Gasteiger partial charge in [0.25, 0.3) is 0 Å². The van der Waals surface area contributed by atoms with E-state index in [1.165, 1.54) is 32.1 Å². The average Bonchev–Trinajstić information content (AvgIpc) is 2.54. The van der Waals surface area contributed by atoms with Gasteiger partial charge >= 0.3 is 5.97 Å². The van der Waals surface area contributed by atoms with Crippen molar-refractivity contribution >= 4 is 5.97 Å². The van der Waals surface area contributed by atoms with Gasteiger partial charge in [-0.25, -0.2) is 0 Å². The van der Waals surface area contributed by atoms with E-state index in [2.05, 4.69) is 11.8 Å². The molecule has 18 heavy (non-hydrogen) atoms. The van der Waals surface area contributed by atoms with Crippen LogP contribution in [0.1, 0.15) is 58.3 Å². The van der Waals surface area contributed by atoms with E-state index < -0.39 is 5.97 Å². The molecule has 104 valence electrons. The molecular weight excluding hydrogens is 226 g/mol. The summed E-state index contributed by atoms with van der Waals surface area (Å²) in [7, 11) is 0. The van der Waals surface area contributed by atoms with Crippen LogP contribution in [0.2, 0.25) is 0 Å². The van der Waals surface area contributed by atoms with E-state index in [1.807, 2.05) is 0 Å². The van der Waals surface area contributed by atoms with Crippen molar-refractivity contribution < 1.29 is 9.90 Å². The lowest BCUT2D eigenvalue weighted by Crippen LogP contribution is -2.41. The molecule has 0 aromatic heterocycles. The van der Waals surface area contributed by atoms with Crippen LogP contribution in [0.4, 0.5) is 0 Å². The van der Waals surface area contributed by atoms with Crippen LogP contribution >= 0.6 is 0 Å². The molecule has 1 saturated heterocycles. The highest BCUT2D eigenvalue weighted by Crippen LogP contribution is 2.29. The zero-order valence-corrected chi connectivity index (χ0v) is 11.6. The Labute approximate surface area is 111 Å². The van der Waals surface area contributed by atoms with Gasteiger partial charge in [-0.15, -0.1) is 0 Å². The highest BCUT2D eigenvalue weighted by atomic mass is 16.4. The molecule has 2 atom stereocenters. The number of nitrogens with zero attached hydrogens (tertiary/aromatic N) is 1. The lowest BCUT2D eigenvalue weighted by molar-refractivity contribution is -0.138. The first-order chi connectivity index (χ1) is 8.65. The fraction of sp³-hybridized carbons (Fsp3) is 0.933. The molecule has 3 heteroatoms. The van der Waals surface area contributed by atoms with Crippen molar-refractivity contribution in [1.29, 1.82) is 0 Å². The van der Waals surface area contributed by atoms with Crippen molar-refractivity contribution in [1.82, 2.24) is 4.90 Å². The maximum absolute atomic E-state index is 10.7. The van der Waals surface area contributed by atoms with E-state index in [9.17, 15) is 4.79 Å². The van der Waals surface area contributed by atoms with Gasteiger partial charge in [-0.05, 0) is 57.0 Å². The summed E-state index contributed by atoms with van der Waals surface area (Å²) in [6.45, 7) is 4.62. The Morgan fingerprint density at radius 1 is 1.11 bits per heavy atom. The standard InChI is InChI=1S/C15H27NO2/c1-12-3-2-4-14(6-5-12)16-9-7-13(8-10-16)11-15(17)18/h12-14H,2-11H2,1H3,(H,17,18). The Kier molecular flexibility index (Phi) is 5.04. The molecule has 1 aliphatic heterocycles. The monoisotopic (exact) mass is 253 g/mol. The molecule has 0 radical (unpaired) electrons. The van der Waals surface area contributed by atoms with E-state index in [1.54, 1.807) is 0 Å². The number of aliphatic carboxylic acids is 1. The minimum atomic E-state index is -0.628. The lowest BCUT2D eigenvalue weighted by Gasteiger charge is -2.37. The molecule has 1 aliphatic carbocycles. The van der Waals surface area contributed by atoms with E-state index in [0.717, 1.165) is 37.9 Å². The molecule has 0 aromatic carbocycles. The number of carboxylic acids is 1. The van der Waals surface area contributed by atoms with E-state index >= 15 is 0 Å². The summed E-state index contributed by atoms with van der Waals surface area (Å²) >= 11 is 0. The van der Waals surface area contributed by atoms with Gasteiger partial charge in [-0.1, -0.05) is 19.8 Å². The first-order valence-corrected chi connectivity index (χ1v) is 7.61. The molecule has 2 aliphatic rings. The van der Waals surface area contributed by atoms with E-state index in [4.69, 9.17) is 5.11 Å². The smallest absolute Gasteiger partial charge is 0.303 e. The van der Waals surface area contributed by atoms with Crippen LogP contribution in [-0.4, -0.2) is 35.1 Å². The predicted octanol–water partition coefficient (Wildman–Crippen LogP) is 3.14. The van der Waals surface area contributed by atoms with Gasteiger partial charge < -0.3 is 10.0 Å². The number of carboxylic acid groups (broad SMARTS) is 1. The fourth-order valence-corrected chi connectivity index (χ4v) is 3.60. The second kappa shape index (κ2) is 6.55. The Balaban J connectivity index is 1.76. The van der Waals surface area contributed by atoms with Crippen molar-refractivity contribution in [3.63, 3.8) is 0 Å². The lowest BCUT2D eigenvalue weighted by atomic mass is 9.92. The minimum Gasteiger partial charge on any atom is -0.481 e. The third kappa shape index (κ3) is 3.98. The van der Waals surface area contributed by atoms with Crippen molar-refractivity contribution in [3.05, 3.63) is 0 Å². The summed E-state index contributed by atoms with van der Waals surface area (Å²) in [4.78, 5) is 13.4. The van der Waals surface area contributed by atoms with Crippen molar-refractivity contribution in [2.45, 2.75) is 64.3 Å². The maximum atomic E-state index is 10.7. The van der Waals surface area contributed by atoms with Gasteiger partial charge in [0.05, 0.1) is 0 Å². The van der Waals surface area contributed by atoms with Gasteiger partial charge in [-0.3, -0.25) is 4.79 Å². The van der Waals surface area contributed by atoms with Crippen LogP contribution < -0.4 is 0 Å². The quantitative estimate of drug-likeness (QED) is 0.786. The Hall–Kier alpha value is -0.570. The van der Waals surface area contributed by atoms with Crippen LogP contribution in [-0.2, 0) is 4.79 Å². The summed E-state index contributed by atoms with van der Waals surface area (Å²) in [5.74, 6) is 0.694. The molecule has 0 amide bonds. The van der Waals surface area contributed by atoms with Gasteiger partial charge in [-0.2, -0.15) is 0 Å². The maximum Gasteiger partial charge on any atom is 0.303 e. The molecule has 1 N–H and O–H groups in total. The number of hydrogen-bond acceptors (Lipinski definition) is 2. The SMILES string of the molecule is CC1CCCC(N2CCC(CC(=O)O)CC2)CC1. The predicted molar refractivity (Wildman–Crippen MR) is 72.6 cm³/mol. The third-order valence-electron chi connectivity index (χ3n) is 4.86. The summed E-state index contributed by atoms with van der Waals surface area (Å²) in [6.07, 6.45) is 9.39. The Bertz CT molecular complexity index is 272. The molecule has 0 bridgehead atoms. The highest BCUT2D eigenvalue weighted by molar-refractivity contribution is 5.67. The third-order valence-corrected chi connectivity index (χ3v) is 4.86. The van der Waals surface area contributed by atoms with Crippen LogP contribution in [0, 0.1) is 11.8 Å². The van der Waals surface area contributed by atoms with E-state index in [-0.39, 0.29) is 0 Å². The average molecular weight is 253 g/mol. The fourth-order valence-electron chi connectivity index (χ4n) is 3.60. The normalized spacial score (nSPS) is 32.1. The van der Waals surface area contributed by atoms with Gasteiger partial charge in [0, 0.05) is 12.5 Å². The van der Waals surface area contributed by atoms with Gasteiger partial charge in [0.1, 0.15) is 0 Å². The first kappa shape index (κ1) is 13.9. The molecule has 2 unspecified atom stereocenters. The molecular formula is C15H27NO2. The molecule has 1 saturated carbocycles. The number of carbonyl (C=O) groups is 1. The summed E-state index contributed by atoms with van der Waals surface area (Å²) in [5.41, 5.74) is 0. The topological polar surface area (TPSA) is 40.5 Å². The van der Waals surface area contributed by atoms with E-state index in [0.29, 0.717) is 12.3 Å². The second-order valence-corrected chi connectivity index (χ2v) is 6.34. The number of piperidine rings is 1. The molecule has 2 rings (SSSR count). The van der Waals surface area contributed by atoms with Gasteiger partial charge in [0.15, 0.2) is 0 Å². The highest BCUT2D eigenvalue weighted by Gasteiger charge is 2.27. The summed E-state index contributed by atoms with van der Waals surface area (Å²) in [6, 6.07) is 0.778. The van der Waals surface area contributed by atoms with Gasteiger partial charge in [0.2, 0.25) is 0 Å². The van der Waals surface area contributed by atoms with Crippen LogP contribution in [0.25, 0.3) is 0 Å². The minimum absolute atomic E-state index is 0.371. The zero-order chi connectivity index (χ0) is 13.0. The molecule has 2 fully saturated rings. The largest absolute Gasteiger partial charge is 0.481 e. The molecule has 3 nitrogen and oxygen atoms in total. The summed E-state index contributed by atoms with van der Waals surface area (Å²) in [5, 5.41) is 8.83. The molecule has 1 heterocycles. The Morgan fingerprint density at radius 2 is 1.83 bits per heavy atom. The molecule has 0 aromatic rings. The van der Waals surface area contributed by atoms with Crippen molar-refractivity contribution in [2.24, 2.45) is 11.8 Å². The van der Waals surface area contributed by atoms with Crippen LogP contribution in [0.3, 0.4) is 0 Å². The van der Waals surface area contributed by atoms with Crippen LogP contribution in [0.15, 0.2) is 0 Å². The number of rotatable bonds is 3. The zero-order valence-electron chi connectivity index (χ0n) is 11.6. The van der Waals surface area contributed by atoms with Crippen LogP contribution in [0.5, 0.6) is 0 Å². The first-order valence-electron chi connectivity index (χ1n) is 7.61. The van der Waals surface area contributed by atoms with Crippen molar-refractivity contribution in [3.8, 4) is 0 Å². The second-order valence-electron chi connectivity index (χ2n) is 6.34. The summed E-state index contributed by atoms with van der Waals surface area (Å²) < 4.78 is 0. The Morgan fingerprint density at radius 3 is 2.50 bits per heavy atom. The number of likely N-dealkylation sites (tertiary alicyclic amines) is 1. The number of hydrogen-bond donors (Lipinski definition) is 1. The van der Waals surface area contributed by atoms with Crippen molar-refractivity contribution in [2.75, 3.05) is 13.1 Å².